The van der Waals surface area contributed by atoms with Gasteiger partial charge in [-0.25, -0.2) is 0 Å². The van der Waals surface area contributed by atoms with E-state index in [1.807, 2.05) is 11.8 Å². The summed E-state index contributed by atoms with van der Waals surface area (Å²) in [5.74, 6) is 0. The summed E-state index contributed by atoms with van der Waals surface area (Å²) in [4.78, 5) is 10.2. The molecule has 0 saturated carbocycles. The highest BCUT2D eigenvalue weighted by Crippen LogP contribution is 2.54. The molecule has 0 aliphatic carbocycles. The number of nitrogens with one attached hydrogen (secondary N) is 1. The van der Waals surface area contributed by atoms with Gasteiger partial charge in [-0.2, -0.15) is 0 Å². The smallest absolute Gasteiger partial charge is 0.252 e. The van der Waals surface area contributed by atoms with E-state index >= 15 is 0 Å². The fourth-order valence-electron chi connectivity index (χ4n) is 15.0. The first-order valence-corrected chi connectivity index (χ1v) is 32.2. The van der Waals surface area contributed by atoms with Crippen LogP contribution in [0.2, 0.25) is 0 Å². The SMILES string of the molecule is c1ccc(-c2cc3c4c(c2)N(c2c(-c5ccccc5)cccc2-c2ccccc2)c2cc5c(cc2B4c2ccccc2N3c2c(-c3ccccc3)cccc2-c2ccccc2)B2c3ccccc3Sc3cc(N(c4ccccc4)c4ccccc4)cc(c32)N5)cc1. The number of para-hydroxylation sites is 5. The Morgan fingerprint density at radius 2 is 0.692 bits per heavy atom. The van der Waals surface area contributed by atoms with Gasteiger partial charge >= 0.3 is 0 Å². The van der Waals surface area contributed by atoms with Crippen molar-refractivity contribution >= 4 is 121 Å². The molecule has 0 fully saturated rings. The Morgan fingerprint density at radius 3 is 1.21 bits per heavy atom. The second-order valence-electron chi connectivity index (χ2n) is 23.9. The zero-order valence-electron chi connectivity index (χ0n) is 49.7. The molecule has 0 spiro atoms. The van der Waals surface area contributed by atoms with Crippen molar-refractivity contribution in [3.05, 3.63) is 334 Å². The summed E-state index contributed by atoms with van der Waals surface area (Å²) in [6.07, 6.45) is 0. The van der Waals surface area contributed by atoms with E-state index in [1.54, 1.807) is 0 Å². The van der Waals surface area contributed by atoms with Crippen molar-refractivity contribution in [2.75, 3.05) is 20.0 Å². The van der Waals surface area contributed by atoms with Crippen LogP contribution in [0.1, 0.15) is 0 Å². The largest absolute Gasteiger partial charge is 0.356 e. The summed E-state index contributed by atoms with van der Waals surface area (Å²) < 4.78 is 0. The molecule has 4 nitrogen and oxygen atoms in total. The van der Waals surface area contributed by atoms with Gasteiger partial charge in [0.1, 0.15) is 0 Å². The molecule has 424 valence electrons. The molecule has 1 N–H and O–H groups in total. The van der Waals surface area contributed by atoms with E-state index in [1.165, 1.54) is 42.6 Å². The molecule has 0 unspecified atom stereocenters. The first-order valence-electron chi connectivity index (χ1n) is 31.4. The molecule has 0 amide bonds. The molecule has 0 atom stereocenters. The maximum atomic E-state index is 4.26. The van der Waals surface area contributed by atoms with Crippen LogP contribution in [-0.4, -0.2) is 13.4 Å². The number of rotatable bonds is 10. The first-order chi connectivity index (χ1) is 45.2. The van der Waals surface area contributed by atoms with E-state index < -0.39 is 0 Å². The molecule has 0 radical (unpaired) electrons. The topological polar surface area (TPSA) is 21.8 Å². The number of fused-ring (bicyclic) bond motifs is 8. The average molecular weight is 1180 g/mol. The zero-order valence-corrected chi connectivity index (χ0v) is 50.5. The molecule has 0 bridgehead atoms. The lowest BCUT2D eigenvalue weighted by Gasteiger charge is -2.46. The molecule has 18 rings (SSSR count). The fraction of sp³-hybridized carbons (Fsp3) is 0. The molecular formula is C84H56B2N4S. The van der Waals surface area contributed by atoms with Gasteiger partial charge in [0.2, 0.25) is 6.71 Å². The molecule has 4 aliphatic rings. The maximum absolute atomic E-state index is 4.26. The Kier molecular flexibility index (Phi) is 12.7. The molecule has 0 aromatic heterocycles. The molecule has 91 heavy (non-hydrogen) atoms. The van der Waals surface area contributed by atoms with Crippen LogP contribution in [0.5, 0.6) is 0 Å². The van der Waals surface area contributed by atoms with Crippen LogP contribution in [-0.2, 0) is 0 Å². The average Bonchev–Trinajstić information content (AvgIpc) is 0.696. The predicted octanol–water partition coefficient (Wildman–Crippen LogP) is 18.6. The minimum Gasteiger partial charge on any atom is -0.356 e. The molecular weight excluding hydrogens is 1120 g/mol. The van der Waals surface area contributed by atoms with E-state index in [0.29, 0.717) is 0 Å². The summed E-state index contributed by atoms with van der Waals surface area (Å²) in [5, 5.41) is 4.26. The van der Waals surface area contributed by atoms with E-state index in [0.717, 1.165) is 118 Å². The molecule has 14 aromatic carbocycles. The van der Waals surface area contributed by atoms with Crippen molar-refractivity contribution in [2.45, 2.75) is 9.79 Å². The predicted molar refractivity (Wildman–Crippen MR) is 387 cm³/mol. The minimum absolute atomic E-state index is 0.0623. The van der Waals surface area contributed by atoms with Gasteiger partial charge in [-0.3, -0.25) is 0 Å². The van der Waals surface area contributed by atoms with Crippen molar-refractivity contribution in [3.63, 3.8) is 0 Å². The summed E-state index contributed by atoms with van der Waals surface area (Å²) in [7, 11) is 0. The van der Waals surface area contributed by atoms with Crippen molar-refractivity contribution in [2.24, 2.45) is 0 Å². The normalized spacial score (nSPS) is 12.8. The molecule has 4 heterocycles. The van der Waals surface area contributed by atoms with Crippen LogP contribution in [0.25, 0.3) is 55.6 Å². The van der Waals surface area contributed by atoms with Crippen molar-refractivity contribution in [1.29, 1.82) is 0 Å². The van der Waals surface area contributed by atoms with E-state index in [4.69, 9.17) is 0 Å². The summed E-state index contributed by atoms with van der Waals surface area (Å²) >= 11 is 1.89. The van der Waals surface area contributed by atoms with Crippen LogP contribution in [0, 0.1) is 0 Å². The lowest BCUT2D eigenvalue weighted by Crippen LogP contribution is -2.64. The number of hydrogen-bond acceptors (Lipinski definition) is 5. The van der Waals surface area contributed by atoms with Crippen LogP contribution in [0.4, 0.5) is 62.6 Å². The molecule has 14 aromatic rings. The van der Waals surface area contributed by atoms with E-state index in [9.17, 15) is 0 Å². The van der Waals surface area contributed by atoms with Crippen molar-refractivity contribution in [3.8, 4) is 55.6 Å². The van der Waals surface area contributed by atoms with Gasteiger partial charge in [-0.15, -0.1) is 0 Å². The third kappa shape index (κ3) is 8.71. The fourth-order valence-corrected chi connectivity index (χ4v) is 16.2. The van der Waals surface area contributed by atoms with Gasteiger partial charge in [-0.05, 0) is 127 Å². The zero-order chi connectivity index (χ0) is 59.9. The Hall–Kier alpha value is -11.2. The standard InChI is InChI=1S/C84H56B2N4S/c1-8-28-56(29-9-1)61-50-77-82-78(51-61)90(84-67(59-34-14-4-15-35-59)44-27-45-68(84)60-36-16-5-17-37-60)76-55-73-71(86-70-47-23-25-49-79(70)91-80-53-64(52-74(87-73)81(80)86)88(62-38-18-6-19-39-62)63-40-20-7-21-41-63)54-72(76)85(82)69-46-22-24-48-75(69)89(77)83-65(57-30-10-2-11-31-57)42-26-43-66(83)58-32-12-3-13-33-58/h1-55,87H. The van der Waals surface area contributed by atoms with E-state index in [2.05, 4.69) is 354 Å². The van der Waals surface area contributed by atoms with Crippen LogP contribution < -0.4 is 52.8 Å². The van der Waals surface area contributed by atoms with Gasteiger partial charge in [-0.1, -0.05) is 284 Å². The second-order valence-corrected chi connectivity index (χ2v) is 25.0. The van der Waals surface area contributed by atoms with Crippen LogP contribution in [0.15, 0.2) is 343 Å². The Morgan fingerprint density at radius 1 is 0.264 bits per heavy atom. The summed E-state index contributed by atoms with van der Waals surface area (Å²) in [6, 6.07) is 124. The monoisotopic (exact) mass is 1170 g/mol. The van der Waals surface area contributed by atoms with Gasteiger partial charge in [0, 0.05) is 83.2 Å². The second kappa shape index (κ2) is 21.8. The number of anilines is 11. The summed E-state index contributed by atoms with van der Waals surface area (Å²) in [6.45, 7) is -0.249. The number of hydrogen-bond donors (Lipinski definition) is 1. The first kappa shape index (κ1) is 52.8. The number of nitrogens with zero attached hydrogens (tertiary/aromatic N) is 3. The van der Waals surface area contributed by atoms with Crippen LogP contribution in [0.3, 0.4) is 0 Å². The highest BCUT2D eigenvalue weighted by molar-refractivity contribution is 8.00. The third-order valence-electron chi connectivity index (χ3n) is 18.8. The highest BCUT2D eigenvalue weighted by atomic mass is 32.2. The molecule has 4 aliphatic heterocycles. The van der Waals surface area contributed by atoms with Gasteiger partial charge in [0.15, 0.2) is 0 Å². The Balaban J connectivity index is 0.967. The van der Waals surface area contributed by atoms with Gasteiger partial charge in [0.25, 0.3) is 6.71 Å². The Labute approximate surface area is 536 Å². The van der Waals surface area contributed by atoms with Crippen molar-refractivity contribution in [1.82, 2.24) is 0 Å². The molecule has 0 saturated heterocycles. The van der Waals surface area contributed by atoms with Crippen molar-refractivity contribution < 1.29 is 0 Å². The van der Waals surface area contributed by atoms with Gasteiger partial charge in [0.05, 0.1) is 11.4 Å². The third-order valence-corrected chi connectivity index (χ3v) is 20.0. The minimum atomic E-state index is -0.186. The quantitative estimate of drug-likeness (QED) is 0.137. The van der Waals surface area contributed by atoms with E-state index in [-0.39, 0.29) is 13.4 Å². The van der Waals surface area contributed by atoms with Crippen LogP contribution >= 0.6 is 11.8 Å². The molecule has 7 heteroatoms. The summed E-state index contributed by atoms with van der Waals surface area (Å²) in [5.41, 5.74) is 31.5. The number of benzene rings is 14. The maximum Gasteiger partial charge on any atom is 0.252 e. The highest BCUT2D eigenvalue weighted by Gasteiger charge is 2.48. The lowest BCUT2D eigenvalue weighted by atomic mass is 9.31. The Bertz CT molecular complexity index is 4980. The lowest BCUT2D eigenvalue weighted by molar-refractivity contribution is 1.25. The van der Waals surface area contributed by atoms with Gasteiger partial charge < -0.3 is 20.0 Å².